The molecule has 3 unspecified atom stereocenters. The lowest BCUT2D eigenvalue weighted by molar-refractivity contribution is 0.0923. The number of nitrogens with one attached hydrogen (secondary N) is 2. The van der Waals surface area contributed by atoms with E-state index in [0.717, 1.165) is 57.1 Å². The number of benzene rings is 1. The van der Waals surface area contributed by atoms with Crippen LogP contribution in [0.4, 0.5) is 0 Å². The quantitative estimate of drug-likeness (QED) is 0.560. The molecule has 33 heavy (non-hydrogen) atoms. The number of carbonyl (C=O) groups is 1. The van der Waals surface area contributed by atoms with Gasteiger partial charge in [0.1, 0.15) is 11.9 Å². The Morgan fingerprint density at radius 1 is 1.21 bits per heavy atom. The van der Waals surface area contributed by atoms with Crippen LogP contribution in [0.1, 0.15) is 80.6 Å². The molecule has 2 N–H and O–H groups in total. The molecule has 1 aromatic rings. The molecule has 0 radical (unpaired) electrons. The molecule has 1 saturated carbocycles. The number of allylic oxidation sites excluding steroid dienone is 1. The fourth-order valence-electron chi connectivity index (χ4n) is 5.51. The van der Waals surface area contributed by atoms with Gasteiger partial charge in [-0.15, -0.1) is 0 Å². The van der Waals surface area contributed by atoms with Crippen molar-refractivity contribution in [1.82, 2.24) is 10.6 Å². The number of carbonyl (C=O) groups excluding carboxylic acids is 1. The van der Waals surface area contributed by atoms with E-state index in [2.05, 4.69) is 16.7 Å². The third-order valence-corrected chi connectivity index (χ3v) is 9.35. The minimum absolute atomic E-state index is 0.00875. The first kappa shape index (κ1) is 22.9. The molecule has 180 valence electrons. The lowest BCUT2D eigenvalue weighted by Crippen LogP contribution is -2.47. The molecule has 6 nitrogen and oxygen atoms in total. The van der Waals surface area contributed by atoms with Gasteiger partial charge in [0.25, 0.3) is 5.91 Å². The fourth-order valence-corrected chi connectivity index (χ4v) is 7.28. The zero-order chi connectivity index (χ0) is 23.0. The van der Waals surface area contributed by atoms with Gasteiger partial charge in [-0.3, -0.25) is 4.79 Å². The summed E-state index contributed by atoms with van der Waals surface area (Å²) in [6.07, 6.45) is 12.5. The van der Waals surface area contributed by atoms with Crippen molar-refractivity contribution in [2.75, 3.05) is 12.3 Å². The van der Waals surface area contributed by atoms with Crippen molar-refractivity contribution in [1.29, 1.82) is 0 Å². The van der Waals surface area contributed by atoms with Gasteiger partial charge in [-0.25, -0.2) is 8.42 Å². The minimum atomic E-state index is -3.42. The van der Waals surface area contributed by atoms with Gasteiger partial charge in [-0.05, 0) is 94.9 Å². The van der Waals surface area contributed by atoms with Crippen LogP contribution in [-0.4, -0.2) is 44.8 Å². The topological polar surface area (TPSA) is 84.5 Å². The van der Waals surface area contributed by atoms with Crippen molar-refractivity contribution >= 4 is 15.7 Å². The first-order chi connectivity index (χ1) is 15.9. The SMILES string of the molecule is CC1Cc2cc(S(=O)(=O)CC3CC3)cc(C(=O)NC(CC3=CCCCC3)C3CCCN3)c2O1. The Morgan fingerprint density at radius 3 is 2.76 bits per heavy atom. The van der Waals surface area contributed by atoms with E-state index in [-0.39, 0.29) is 40.7 Å². The molecule has 1 aromatic carbocycles. The monoisotopic (exact) mass is 472 g/mol. The number of amides is 1. The largest absolute Gasteiger partial charge is 0.489 e. The van der Waals surface area contributed by atoms with Crippen LogP contribution in [0.15, 0.2) is 28.7 Å². The molecule has 0 spiro atoms. The first-order valence-electron chi connectivity index (χ1n) is 12.7. The highest BCUT2D eigenvalue weighted by atomic mass is 32.2. The molecule has 0 aromatic heterocycles. The van der Waals surface area contributed by atoms with Crippen LogP contribution in [0, 0.1) is 5.92 Å². The van der Waals surface area contributed by atoms with Gasteiger partial charge in [0.2, 0.25) is 0 Å². The van der Waals surface area contributed by atoms with Crippen molar-refractivity contribution in [3.05, 3.63) is 34.9 Å². The van der Waals surface area contributed by atoms with Crippen molar-refractivity contribution in [2.24, 2.45) is 5.92 Å². The molecular formula is C26H36N2O4S. The number of rotatable bonds is 8. The molecule has 7 heteroatoms. The highest BCUT2D eigenvalue weighted by Crippen LogP contribution is 2.38. The van der Waals surface area contributed by atoms with Crippen LogP contribution in [0.5, 0.6) is 5.75 Å². The van der Waals surface area contributed by atoms with Crippen molar-refractivity contribution in [3.8, 4) is 5.75 Å². The maximum Gasteiger partial charge on any atom is 0.255 e. The standard InChI is InChI=1S/C26H36N2O4S/c1-17-12-20-14-21(33(30,31)16-19-9-10-19)15-22(25(20)32-17)26(29)28-24(23-8-5-11-27-23)13-18-6-3-2-4-7-18/h6,14-15,17,19,23-24,27H,2-5,7-13,16H2,1H3,(H,28,29). The smallest absolute Gasteiger partial charge is 0.255 e. The number of fused-ring (bicyclic) bond motifs is 1. The third-order valence-electron chi connectivity index (χ3n) is 7.49. The number of ether oxygens (including phenoxy) is 1. The van der Waals surface area contributed by atoms with Gasteiger partial charge in [0.05, 0.1) is 16.2 Å². The van der Waals surface area contributed by atoms with E-state index in [1.807, 2.05) is 6.92 Å². The molecule has 4 aliphatic rings. The second kappa shape index (κ2) is 9.41. The van der Waals surface area contributed by atoms with Crippen LogP contribution >= 0.6 is 0 Å². The van der Waals surface area contributed by atoms with Crippen molar-refractivity contribution in [2.45, 2.75) is 94.2 Å². The van der Waals surface area contributed by atoms with Crippen LogP contribution in [-0.2, 0) is 16.3 Å². The predicted molar refractivity (Wildman–Crippen MR) is 128 cm³/mol. The Labute approximate surface area is 197 Å². The maximum atomic E-state index is 13.6. The molecule has 5 rings (SSSR count). The second-order valence-corrected chi connectivity index (χ2v) is 12.4. The lowest BCUT2D eigenvalue weighted by Gasteiger charge is -2.27. The van der Waals surface area contributed by atoms with E-state index >= 15 is 0 Å². The Bertz CT molecular complexity index is 1040. The maximum absolute atomic E-state index is 13.6. The van der Waals surface area contributed by atoms with Gasteiger partial charge < -0.3 is 15.4 Å². The second-order valence-electron chi connectivity index (χ2n) is 10.4. The van der Waals surface area contributed by atoms with E-state index < -0.39 is 9.84 Å². The molecular weight excluding hydrogens is 436 g/mol. The van der Waals surface area contributed by atoms with Crippen LogP contribution in [0.2, 0.25) is 0 Å². The number of hydrogen-bond acceptors (Lipinski definition) is 5. The predicted octanol–water partition coefficient (Wildman–Crippen LogP) is 3.93. The Balaban J connectivity index is 1.42. The highest BCUT2D eigenvalue weighted by molar-refractivity contribution is 7.91. The number of hydrogen-bond donors (Lipinski definition) is 2. The van der Waals surface area contributed by atoms with Gasteiger partial charge in [-0.2, -0.15) is 0 Å². The Hall–Kier alpha value is -1.86. The summed E-state index contributed by atoms with van der Waals surface area (Å²) in [7, 11) is -3.42. The summed E-state index contributed by atoms with van der Waals surface area (Å²) >= 11 is 0. The molecule has 2 aliphatic carbocycles. The van der Waals surface area contributed by atoms with Crippen molar-refractivity contribution in [3.63, 3.8) is 0 Å². The zero-order valence-electron chi connectivity index (χ0n) is 19.6. The van der Waals surface area contributed by atoms with E-state index in [9.17, 15) is 13.2 Å². The average Bonchev–Trinajstić information content (AvgIpc) is 3.26. The summed E-state index contributed by atoms with van der Waals surface area (Å²) in [4.78, 5) is 13.9. The van der Waals surface area contributed by atoms with Gasteiger partial charge >= 0.3 is 0 Å². The highest BCUT2D eigenvalue weighted by Gasteiger charge is 2.34. The first-order valence-corrected chi connectivity index (χ1v) is 14.3. The molecule has 2 aliphatic heterocycles. The van der Waals surface area contributed by atoms with Crippen molar-refractivity contribution < 1.29 is 17.9 Å². The van der Waals surface area contributed by atoms with Crippen LogP contribution in [0.3, 0.4) is 0 Å². The molecule has 3 atom stereocenters. The molecule has 2 fully saturated rings. The van der Waals surface area contributed by atoms with Gasteiger partial charge in [-0.1, -0.05) is 11.6 Å². The summed E-state index contributed by atoms with van der Waals surface area (Å²) in [5, 5.41) is 6.84. The summed E-state index contributed by atoms with van der Waals surface area (Å²) in [6, 6.07) is 3.52. The summed E-state index contributed by atoms with van der Waals surface area (Å²) < 4.78 is 32.1. The molecule has 1 saturated heterocycles. The Kier molecular flexibility index (Phi) is 6.54. The normalized spacial score (nSPS) is 25.8. The molecule has 2 heterocycles. The molecule has 0 bridgehead atoms. The summed E-state index contributed by atoms with van der Waals surface area (Å²) in [5.74, 6) is 0.767. The van der Waals surface area contributed by atoms with E-state index in [4.69, 9.17) is 4.74 Å². The van der Waals surface area contributed by atoms with Gasteiger partial charge in [0.15, 0.2) is 9.84 Å². The van der Waals surface area contributed by atoms with E-state index in [1.165, 1.54) is 18.4 Å². The average molecular weight is 473 g/mol. The zero-order valence-corrected chi connectivity index (χ0v) is 20.4. The lowest BCUT2D eigenvalue weighted by atomic mass is 9.91. The van der Waals surface area contributed by atoms with Crippen LogP contribution in [0.25, 0.3) is 0 Å². The minimum Gasteiger partial charge on any atom is -0.489 e. The summed E-state index contributed by atoms with van der Waals surface area (Å²) in [6.45, 7) is 2.93. The van der Waals surface area contributed by atoms with E-state index in [1.54, 1.807) is 12.1 Å². The van der Waals surface area contributed by atoms with Gasteiger partial charge in [0, 0.05) is 18.5 Å². The molecule has 1 amide bonds. The van der Waals surface area contributed by atoms with E-state index in [0.29, 0.717) is 17.7 Å². The third kappa shape index (κ3) is 5.29. The number of sulfone groups is 1. The Morgan fingerprint density at radius 2 is 2.06 bits per heavy atom. The summed E-state index contributed by atoms with van der Waals surface area (Å²) in [5.41, 5.74) is 2.62. The van der Waals surface area contributed by atoms with Crippen LogP contribution < -0.4 is 15.4 Å². The fraction of sp³-hybridized carbons (Fsp3) is 0.654.